The number of anilines is 1. The predicted octanol–water partition coefficient (Wildman–Crippen LogP) is 4.83. The van der Waals surface area contributed by atoms with Crippen molar-refractivity contribution < 1.29 is 28.5 Å². The van der Waals surface area contributed by atoms with Crippen molar-refractivity contribution in [2.45, 2.75) is 25.3 Å². The molecule has 0 aromatic heterocycles. The molecule has 0 radical (unpaired) electrons. The number of amides is 2. The lowest BCUT2D eigenvalue weighted by molar-refractivity contribution is -0.119. The van der Waals surface area contributed by atoms with Gasteiger partial charge in [-0.25, -0.2) is 0 Å². The van der Waals surface area contributed by atoms with Crippen LogP contribution in [-0.2, 0) is 11.2 Å². The fraction of sp³-hybridized carbons (Fsp3) is 0.310. The SMILES string of the molecule is CCc1ccc(NC(=O)[C@@H]2c3cc(OC)c(OC)cc3C(=O)N(C)[C@H]2c2ccc(OC)c(OC)c2)cc1. The van der Waals surface area contributed by atoms with Gasteiger partial charge in [-0.3, -0.25) is 9.59 Å². The van der Waals surface area contributed by atoms with Gasteiger partial charge in [0.1, 0.15) is 0 Å². The summed E-state index contributed by atoms with van der Waals surface area (Å²) in [6.07, 6.45) is 0.903. The molecule has 0 unspecified atom stereocenters. The summed E-state index contributed by atoms with van der Waals surface area (Å²) in [7, 11) is 7.84. The van der Waals surface area contributed by atoms with Crippen molar-refractivity contribution in [3.8, 4) is 23.0 Å². The highest BCUT2D eigenvalue weighted by Gasteiger charge is 2.44. The molecule has 2 atom stereocenters. The van der Waals surface area contributed by atoms with E-state index in [2.05, 4.69) is 12.2 Å². The average Bonchev–Trinajstić information content (AvgIpc) is 2.93. The van der Waals surface area contributed by atoms with E-state index >= 15 is 0 Å². The lowest BCUT2D eigenvalue weighted by Crippen LogP contribution is -2.44. The van der Waals surface area contributed by atoms with Crippen molar-refractivity contribution in [2.24, 2.45) is 0 Å². The Morgan fingerprint density at radius 1 is 0.838 bits per heavy atom. The van der Waals surface area contributed by atoms with Gasteiger partial charge in [-0.15, -0.1) is 0 Å². The highest BCUT2D eigenvalue weighted by molar-refractivity contribution is 6.05. The molecular formula is C29H32N2O6. The van der Waals surface area contributed by atoms with E-state index in [0.717, 1.165) is 12.0 Å². The van der Waals surface area contributed by atoms with Crippen LogP contribution in [0.4, 0.5) is 5.69 Å². The molecule has 0 fully saturated rings. The molecule has 4 rings (SSSR count). The quantitative estimate of drug-likeness (QED) is 0.473. The van der Waals surface area contributed by atoms with Gasteiger partial charge < -0.3 is 29.2 Å². The van der Waals surface area contributed by atoms with Crippen LogP contribution in [-0.4, -0.2) is 52.2 Å². The zero-order valence-electron chi connectivity index (χ0n) is 22.0. The predicted molar refractivity (Wildman–Crippen MR) is 141 cm³/mol. The second-order valence-corrected chi connectivity index (χ2v) is 8.79. The van der Waals surface area contributed by atoms with Crippen LogP contribution in [0.25, 0.3) is 0 Å². The van der Waals surface area contributed by atoms with Crippen LogP contribution in [0, 0.1) is 0 Å². The summed E-state index contributed by atoms with van der Waals surface area (Å²) in [5, 5.41) is 3.05. The van der Waals surface area contributed by atoms with Crippen LogP contribution in [0.3, 0.4) is 0 Å². The Labute approximate surface area is 217 Å². The van der Waals surface area contributed by atoms with E-state index < -0.39 is 12.0 Å². The number of fused-ring (bicyclic) bond motifs is 1. The summed E-state index contributed by atoms with van der Waals surface area (Å²) in [6, 6.07) is 15.9. The molecule has 194 valence electrons. The number of benzene rings is 3. The van der Waals surface area contributed by atoms with Gasteiger partial charge in [0.15, 0.2) is 23.0 Å². The van der Waals surface area contributed by atoms with Gasteiger partial charge in [-0.2, -0.15) is 0 Å². The van der Waals surface area contributed by atoms with E-state index in [1.54, 1.807) is 50.4 Å². The first-order chi connectivity index (χ1) is 17.9. The van der Waals surface area contributed by atoms with Crippen LogP contribution < -0.4 is 24.3 Å². The van der Waals surface area contributed by atoms with Crippen molar-refractivity contribution in [1.82, 2.24) is 4.90 Å². The van der Waals surface area contributed by atoms with Gasteiger partial charge in [-0.1, -0.05) is 25.1 Å². The number of carbonyl (C=O) groups is 2. The van der Waals surface area contributed by atoms with Gasteiger partial charge in [0.2, 0.25) is 5.91 Å². The Kier molecular flexibility index (Phi) is 7.57. The van der Waals surface area contributed by atoms with E-state index in [1.165, 1.54) is 19.8 Å². The Hall–Kier alpha value is -4.20. The Bertz CT molecular complexity index is 1300. The molecule has 0 bridgehead atoms. The molecule has 1 N–H and O–H groups in total. The van der Waals surface area contributed by atoms with Gasteiger partial charge in [0.25, 0.3) is 5.91 Å². The fourth-order valence-electron chi connectivity index (χ4n) is 4.83. The van der Waals surface area contributed by atoms with Crippen LogP contribution in [0.2, 0.25) is 0 Å². The van der Waals surface area contributed by atoms with Crippen molar-refractivity contribution in [3.63, 3.8) is 0 Å². The minimum atomic E-state index is -0.749. The first kappa shape index (κ1) is 25.9. The van der Waals surface area contributed by atoms with Gasteiger partial charge >= 0.3 is 0 Å². The Morgan fingerprint density at radius 2 is 1.43 bits per heavy atom. The second kappa shape index (κ2) is 10.8. The molecule has 2 amide bonds. The van der Waals surface area contributed by atoms with E-state index in [9.17, 15) is 9.59 Å². The van der Waals surface area contributed by atoms with Crippen LogP contribution in [0.5, 0.6) is 23.0 Å². The number of nitrogens with one attached hydrogen (secondary N) is 1. The van der Waals surface area contributed by atoms with Gasteiger partial charge in [-0.05, 0) is 59.5 Å². The maximum atomic E-state index is 14.0. The third kappa shape index (κ3) is 4.79. The minimum Gasteiger partial charge on any atom is -0.493 e. The number of carbonyl (C=O) groups excluding carboxylic acids is 2. The molecule has 0 spiro atoms. The summed E-state index contributed by atoms with van der Waals surface area (Å²) in [6.45, 7) is 2.08. The topological polar surface area (TPSA) is 86.3 Å². The van der Waals surface area contributed by atoms with E-state index in [4.69, 9.17) is 18.9 Å². The van der Waals surface area contributed by atoms with Crippen LogP contribution in [0.1, 0.15) is 45.9 Å². The third-order valence-corrected chi connectivity index (χ3v) is 6.84. The molecule has 8 heteroatoms. The highest BCUT2D eigenvalue weighted by atomic mass is 16.5. The molecule has 0 saturated carbocycles. The Balaban J connectivity index is 1.87. The number of methoxy groups -OCH3 is 4. The molecule has 1 aliphatic heterocycles. The van der Waals surface area contributed by atoms with E-state index in [0.29, 0.717) is 39.8 Å². The van der Waals surface area contributed by atoms with Crippen molar-refractivity contribution in [1.29, 1.82) is 0 Å². The molecule has 3 aromatic carbocycles. The second-order valence-electron chi connectivity index (χ2n) is 8.79. The monoisotopic (exact) mass is 504 g/mol. The Morgan fingerprint density at radius 3 is 2.03 bits per heavy atom. The normalized spacial score (nSPS) is 16.6. The fourth-order valence-corrected chi connectivity index (χ4v) is 4.83. The summed E-state index contributed by atoms with van der Waals surface area (Å²) >= 11 is 0. The zero-order valence-corrected chi connectivity index (χ0v) is 22.0. The largest absolute Gasteiger partial charge is 0.493 e. The lowest BCUT2D eigenvalue weighted by atomic mass is 9.79. The van der Waals surface area contributed by atoms with E-state index in [1.807, 2.05) is 30.3 Å². The zero-order chi connectivity index (χ0) is 26.7. The molecule has 8 nitrogen and oxygen atoms in total. The first-order valence-corrected chi connectivity index (χ1v) is 12.0. The van der Waals surface area contributed by atoms with Crippen molar-refractivity contribution >= 4 is 17.5 Å². The number of likely N-dealkylation sites (N-methyl/N-ethyl adjacent to an activating group) is 1. The summed E-state index contributed by atoms with van der Waals surface area (Å²) in [5.74, 6) is 0.690. The molecule has 1 heterocycles. The number of nitrogens with zero attached hydrogens (tertiary/aromatic N) is 1. The van der Waals surface area contributed by atoms with Crippen molar-refractivity contribution in [3.05, 3.63) is 76.9 Å². The smallest absolute Gasteiger partial charge is 0.254 e. The van der Waals surface area contributed by atoms with Crippen LogP contribution >= 0.6 is 0 Å². The molecule has 0 aliphatic carbocycles. The number of aryl methyl sites for hydroxylation is 1. The van der Waals surface area contributed by atoms with Gasteiger partial charge in [0.05, 0.1) is 40.4 Å². The average molecular weight is 505 g/mol. The third-order valence-electron chi connectivity index (χ3n) is 6.84. The van der Waals surface area contributed by atoms with Crippen LogP contribution in [0.15, 0.2) is 54.6 Å². The maximum Gasteiger partial charge on any atom is 0.254 e. The number of hydrogen-bond acceptors (Lipinski definition) is 6. The number of rotatable bonds is 8. The molecule has 37 heavy (non-hydrogen) atoms. The van der Waals surface area contributed by atoms with E-state index in [-0.39, 0.29) is 11.8 Å². The molecule has 0 saturated heterocycles. The highest BCUT2D eigenvalue weighted by Crippen LogP contribution is 2.47. The minimum absolute atomic E-state index is 0.230. The number of hydrogen-bond donors (Lipinski definition) is 1. The molecule has 1 aliphatic rings. The van der Waals surface area contributed by atoms with Gasteiger partial charge in [0, 0.05) is 18.3 Å². The first-order valence-electron chi connectivity index (χ1n) is 12.0. The summed E-state index contributed by atoms with van der Waals surface area (Å²) in [5.41, 5.74) is 3.53. The van der Waals surface area contributed by atoms with Crippen molar-refractivity contribution in [2.75, 3.05) is 40.8 Å². The summed E-state index contributed by atoms with van der Waals surface area (Å²) < 4.78 is 21.9. The maximum absolute atomic E-state index is 14.0. The lowest BCUT2D eigenvalue weighted by Gasteiger charge is -2.40. The summed E-state index contributed by atoms with van der Waals surface area (Å²) in [4.78, 5) is 29.1. The molecular weight excluding hydrogens is 472 g/mol. The molecule has 3 aromatic rings. The standard InChI is InChI=1S/C29H32N2O6/c1-7-17-8-11-19(12-9-17)30-28(32)26-20-15-24(36-5)25(37-6)16-21(20)29(33)31(2)27(26)18-10-13-22(34-3)23(14-18)35-4/h8-16,26-27H,7H2,1-6H3,(H,30,32)/t26-,27+/m1/s1. The number of ether oxygens (including phenoxy) is 4.